The third kappa shape index (κ3) is 1.69. The van der Waals surface area contributed by atoms with Crippen molar-refractivity contribution in [3.05, 3.63) is 30.6 Å². The Kier molecular flexibility index (Phi) is 2.36. The third-order valence-electron chi connectivity index (χ3n) is 2.91. The summed E-state index contributed by atoms with van der Waals surface area (Å²) in [5.41, 5.74) is 8.40. The molecule has 0 spiro atoms. The molecule has 7 nitrogen and oxygen atoms in total. The molecule has 0 saturated heterocycles. The first-order chi connectivity index (χ1) is 9.81. The van der Waals surface area contributed by atoms with Crippen LogP contribution in [0.4, 0.5) is 5.82 Å². The normalized spacial score (nSPS) is 11.4. The van der Waals surface area contributed by atoms with E-state index in [1.54, 1.807) is 0 Å². The van der Waals surface area contributed by atoms with Gasteiger partial charge >= 0.3 is 0 Å². The van der Waals surface area contributed by atoms with Gasteiger partial charge in [-0.15, -0.1) is 0 Å². The highest BCUT2D eigenvalue weighted by atomic mass is 32.2. The summed E-state index contributed by atoms with van der Waals surface area (Å²) in [6, 6.07) is 7.85. The Morgan fingerprint density at radius 1 is 1.15 bits per heavy atom. The van der Waals surface area contributed by atoms with Crippen molar-refractivity contribution in [2.45, 2.75) is 10.2 Å². The van der Waals surface area contributed by atoms with Crippen LogP contribution in [0, 0.1) is 0 Å². The molecule has 0 fully saturated rings. The summed E-state index contributed by atoms with van der Waals surface area (Å²) in [5, 5.41) is 9.24. The average Bonchev–Trinajstić information content (AvgIpc) is 3.03. The zero-order chi connectivity index (χ0) is 13.5. The molecule has 0 aliphatic heterocycles. The number of nitrogens with one attached hydrogen (secondary N) is 2. The molecule has 0 atom stereocenters. The SMILES string of the molecule is Nc1ncnc2[nH]nc(Sc3nc4ccccc4[nH]3)c12. The van der Waals surface area contributed by atoms with E-state index in [1.807, 2.05) is 24.3 Å². The molecule has 3 aromatic heterocycles. The van der Waals surface area contributed by atoms with Crippen molar-refractivity contribution < 1.29 is 0 Å². The zero-order valence-electron chi connectivity index (χ0n) is 10.2. The molecular formula is C12H9N7S. The van der Waals surface area contributed by atoms with E-state index in [2.05, 4.69) is 30.1 Å². The van der Waals surface area contributed by atoms with Crippen LogP contribution in [0.2, 0.25) is 0 Å². The van der Waals surface area contributed by atoms with E-state index in [0.717, 1.165) is 21.6 Å². The Balaban J connectivity index is 1.80. The number of nitrogen functional groups attached to an aromatic ring is 1. The lowest BCUT2D eigenvalue weighted by Crippen LogP contribution is -1.92. The molecule has 0 unspecified atom stereocenters. The fraction of sp³-hybridized carbons (Fsp3) is 0. The number of benzene rings is 1. The lowest BCUT2D eigenvalue weighted by atomic mass is 10.3. The topological polar surface area (TPSA) is 109 Å². The summed E-state index contributed by atoms with van der Waals surface area (Å²) >= 11 is 1.39. The van der Waals surface area contributed by atoms with Gasteiger partial charge in [-0.2, -0.15) is 5.10 Å². The molecule has 4 rings (SSSR count). The molecule has 0 bridgehead atoms. The first kappa shape index (κ1) is 11.2. The minimum atomic E-state index is 0.405. The van der Waals surface area contributed by atoms with Crippen molar-refractivity contribution in [1.82, 2.24) is 30.1 Å². The number of H-pyrrole nitrogens is 2. The number of nitrogens with two attached hydrogens (primary N) is 1. The molecule has 1 aromatic carbocycles. The van der Waals surface area contributed by atoms with Gasteiger partial charge in [0.15, 0.2) is 10.8 Å². The first-order valence-electron chi connectivity index (χ1n) is 5.88. The van der Waals surface area contributed by atoms with Crippen LogP contribution in [0.5, 0.6) is 0 Å². The van der Waals surface area contributed by atoms with Gasteiger partial charge in [-0.25, -0.2) is 15.0 Å². The maximum atomic E-state index is 5.88. The summed E-state index contributed by atoms with van der Waals surface area (Å²) in [6.07, 6.45) is 1.41. The molecule has 0 radical (unpaired) electrons. The number of para-hydroxylation sites is 2. The van der Waals surface area contributed by atoms with Gasteiger partial charge in [0.1, 0.15) is 17.2 Å². The van der Waals surface area contributed by atoms with E-state index in [4.69, 9.17) is 5.73 Å². The first-order valence-corrected chi connectivity index (χ1v) is 6.70. The molecule has 4 N–H and O–H groups in total. The quantitative estimate of drug-likeness (QED) is 0.519. The predicted molar refractivity (Wildman–Crippen MR) is 76.3 cm³/mol. The Labute approximate surface area is 117 Å². The van der Waals surface area contributed by atoms with Crippen LogP contribution >= 0.6 is 11.8 Å². The minimum Gasteiger partial charge on any atom is -0.383 e. The van der Waals surface area contributed by atoms with Crippen LogP contribution in [-0.2, 0) is 0 Å². The average molecular weight is 283 g/mol. The second-order valence-corrected chi connectivity index (χ2v) is 5.15. The second-order valence-electron chi connectivity index (χ2n) is 4.17. The van der Waals surface area contributed by atoms with Gasteiger partial charge < -0.3 is 10.7 Å². The third-order valence-corrected chi connectivity index (χ3v) is 3.79. The van der Waals surface area contributed by atoms with E-state index < -0.39 is 0 Å². The molecule has 98 valence electrons. The molecule has 20 heavy (non-hydrogen) atoms. The fourth-order valence-electron chi connectivity index (χ4n) is 2.00. The van der Waals surface area contributed by atoms with Gasteiger partial charge in [0.25, 0.3) is 0 Å². The number of fused-ring (bicyclic) bond motifs is 2. The van der Waals surface area contributed by atoms with Crippen molar-refractivity contribution >= 4 is 39.6 Å². The van der Waals surface area contributed by atoms with Crippen LogP contribution in [0.25, 0.3) is 22.1 Å². The summed E-state index contributed by atoms with van der Waals surface area (Å²) in [4.78, 5) is 15.8. The number of aromatic amines is 2. The summed E-state index contributed by atoms with van der Waals surface area (Å²) in [5.74, 6) is 0.405. The lowest BCUT2D eigenvalue weighted by Gasteiger charge is -1.96. The fourth-order valence-corrected chi connectivity index (χ4v) is 2.88. The van der Waals surface area contributed by atoms with E-state index in [-0.39, 0.29) is 0 Å². The highest BCUT2D eigenvalue weighted by Gasteiger charge is 2.14. The van der Waals surface area contributed by atoms with Crippen molar-refractivity contribution in [3.63, 3.8) is 0 Å². The zero-order valence-corrected chi connectivity index (χ0v) is 11.0. The summed E-state index contributed by atoms with van der Waals surface area (Å²) < 4.78 is 0. The number of imidazole rings is 1. The highest BCUT2D eigenvalue weighted by Crippen LogP contribution is 2.32. The van der Waals surface area contributed by atoms with E-state index >= 15 is 0 Å². The summed E-state index contributed by atoms with van der Waals surface area (Å²) in [7, 11) is 0. The Morgan fingerprint density at radius 3 is 2.95 bits per heavy atom. The number of anilines is 1. The van der Waals surface area contributed by atoms with E-state index in [9.17, 15) is 0 Å². The van der Waals surface area contributed by atoms with Crippen molar-refractivity contribution in [3.8, 4) is 0 Å². The Morgan fingerprint density at radius 2 is 2.05 bits per heavy atom. The van der Waals surface area contributed by atoms with Gasteiger partial charge in [-0.3, -0.25) is 5.10 Å². The number of aromatic nitrogens is 6. The predicted octanol–water partition coefficient (Wildman–Crippen LogP) is 1.96. The van der Waals surface area contributed by atoms with Gasteiger partial charge in [0.2, 0.25) is 0 Å². The van der Waals surface area contributed by atoms with Crippen LogP contribution in [-0.4, -0.2) is 30.1 Å². The van der Waals surface area contributed by atoms with E-state index in [0.29, 0.717) is 16.5 Å². The minimum absolute atomic E-state index is 0.405. The number of hydrogen-bond acceptors (Lipinski definition) is 6. The van der Waals surface area contributed by atoms with Crippen molar-refractivity contribution in [2.24, 2.45) is 0 Å². The Hall–Kier alpha value is -2.61. The number of nitrogens with zero attached hydrogens (tertiary/aromatic N) is 4. The maximum Gasteiger partial charge on any atom is 0.172 e. The van der Waals surface area contributed by atoms with Gasteiger partial charge in [0, 0.05) is 0 Å². The molecule has 0 amide bonds. The molecule has 8 heteroatoms. The van der Waals surface area contributed by atoms with E-state index in [1.165, 1.54) is 18.1 Å². The number of rotatable bonds is 2. The van der Waals surface area contributed by atoms with Crippen LogP contribution in [0.3, 0.4) is 0 Å². The molecular weight excluding hydrogens is 274 g/mol. The number of hydrogen-bond donors (Lipinski definition) is 3. The standard InChI is InChI=1S/C12H9N7S/c13-9-8-10(15-5-14-9)18-19-11(8)20-12-16-6-3-1-2-4-7(6)17-12/h1-5H,(H,16,17)(H3,13,14,15,18,19). The second kappa shape index (κ2) is 4.20. The van der Waals surface area contributed by atoms with Crippen LogP contribution < -0.4 is 5.73 Å². The van der Waals surface area contributed by atoms with Gasteiger partial charge in [-0.05, 0) is 23.9 Å². The highest BCUT2D eigenvalue weighted by molar-refractivity contribution is 7.99. The van der Waals surface area contributed by atoms with Gasteiger partial charge in [0.05, 0.1) is 16.4 Å². The maximum absolute atomic E-state index is 5.88. The van der Waals surface area contributed by atoms with Crippen LogP contribution in [0.15, 0.2) is 40.8 Å². The molecule has 0 aliphatic rings. The lowest BCUT2D eigenvalue weighted by molar-refractivity contribution is 1.00. The van der Waals surface area contributed by atoms with Crippen molar-refractivity contribution in [1.29, 1.82) is 0 Å². The van der Waals surface area contributed by atoms with Gasteiger partial charge in [-0.1, -0.05) is 12.1 Å². The molecule has 4 aromatic rings. The largest absolute Gasteiger partial charge is 0.383 e. The smallest absolute Gasteiger partial charge is 0.172 e. The molecule has 0 aliphatic carbocycles. The molecule has 0 saturated carbocycles. The monoisotopic (exact) mass is 283 g/mol. The Bertz CT molecular complexity index is 877. The summed E-state index contributed by atoms with van der Waals surface area (Å²) in [6.45, 7) is 0. The van der Waals surface area contributed by atoms with Crippen LogP contribution in [0.1, 0.15) is 0 Å². The van der Waals surface area contributed by atoms with Crippen molar-refractivity contribution in [2.75, 3.05) is 5.73 Å². The molecule has 3 heterocycles.